The molecule has 132 valence electrons. The monoisotopic (exact) mass is 360 g/mol. The van der Waals surface area contributed by atoms with Gasteiger partial charge in [0.2, 0.25) is 0 Å². The van der Waals surface area contributed by atoms with Crippen LogP contribution in [-0.4, -0.2) is 36.9 Å². The first-order chi connectivity index (χ1) is 11.8. The molecule has 0 spiro atoms. The van der Waals surface area contributed by atoms with Gasteiger partial charge in [0.15, 0.2) is 0 Å². The maximum absolute atomic E-state index is 12.0. The highest BCUT2D eigenvalue weighted by Crippen LogP contribution is 2.23. The van der Waals surface area contributed by atoms with Crippen LogP contribution < -0.4 is 16.6 Å². The molecule has 2 heterocycles. The summed E-state index contributed by atoms with van der Waals surface area (Å²) in [4.78, 5) is 17.8. The predicted molar refractivity (Wildman–Crippen MR) is 100 cm³/mol. The number of aromatic nitrogens is 2. The summed E-state index contributed by atoms with van der Waals surface area (Å²) in [5, 5.41) is 4.09. The molecule has 0 aliphatic rings. The number of aromatic amines is 2. The largest absolute Gasteiger partial charge is 0.398 e. The summed E-state index contributed by atoms with van der Waals surface area (Å²) < 4.78 is 22.3. The molecule has 8 heteroatoms. The zero-order valence-corrected chi connectivity index (χ0v) is 14.6. The minimum atomic E-state index is -2.96. The summed E-state index contributed by atoms with van der Waals surface area (Å²) in [6.07, 6.45) is 2.69. The quantitative estimate of drug-likeness (QED) is 0.493. The van der Waals surface area contributed by atoms with Crippen LogP contribution in [0.3, 0.4) is 0 Å². The van der Waals surface area contributed by atoms with Gasteiger partial charge in [-0.1, -0.05) is 6.07 Å². The molecule has 0 amide bonds. The Morgan fingerprint density at radius 2 is 2.00 bits per heavy atom. The summed E-state index contributed by atoms with van der Waals surface area (Å²) in [6.45, 7) is 0.985. The van der Waals surface area contributed by atoms with Crippen LogP contribution in [0.4, 0.5) is 5.69 Å². The number of nitrogens with two attached hydrogens (primary N) is 1. The van der Waals surface area contributed by atoms with Gasteiger partial charge >= 0.3 is 0 Å². The first-order valence-corrected chi connectivity index (χ1v) is 9.86. The summed E-state index contributed by atoms with van der Waals surface area (Å²) in [5.74, 6) is 0.113. The highest BCUT2D eigenvalue weighted by molar-refractivity contribution is 7.90. The molecule has 0 aliphatic carbocycles. The van der Waals surface area contributed by atoms with Gasteiger partial charge < -0.3 is 21.0 Å². The van der Waals surface area contributed by atoms with Crippen molar-refractivity contribution in [3.8, 4) is 11.3 Å². The summed E-state index contributed by atoms with van der Waals surface area (Å²) in [7, 11) is -2.96. The number of sulfone groups is 1. The molecular formula is C17H20N4O3S. The van der Waals surface area contributed by atoms with Gasteiger partial charge in [-0.05, 0) is 29.8 Å². The van der Waals surface area contributed by atoms with E-state index in [1.807, 2.05) is 24.3 Å². The third-order valence-electron chi connectivity index (χ3n) is 3.88. The molecule has 0 bridgehead atoms. The number of nitrogens with one attached hydrogen (secondary N) is 3. The second-order valence-electron chi connectivity index (χ2n) is 6.09. The summed E-state index contributed by atoms with van der Waals surface area (Å²) in [6, 6.07) is 9.44. The van der Waals surface area contributed by atoms with Crippen LogP contribution in [0.15, 0.2) is 41.3 Å². The van der Waals surface area contributed by atoms with Crippen molar-refractivity contribution in [3.05, 3.63) is 52.4 Å². The standard InChI is InChI=1S/C17H20N4O3S/c1-25(23,24)5-4-19-9-11-2-3-15-12(6-11)7-16(21-15)14-8-13(18)10-20-17(14)22/h2-3,6-8,10,19,21H,4-5,9,18H2,1H3,(H,20,22). The van der Waals surface area contributed by atoms with Crippen molar-refractivity contribution in [1.82, 2.24) is 15.3 Å². The van der Waals surface area contributed by atoms with Crippen LogP contribution in [0.1, 0.15) is 5.56 Å². The summed E-state index contributed by atoms with van der Waals surface area (Å²) in [5.41, 5.74) is 9.17. The van der Waals surface area contributed by atoms with E-state index >= 15 is 0 Å². The second kappa shape index (κ2) is 6.73. The van der Waals surface area contributed by atoms with E-state index < -0.39 is 9.84 Å². The first-order valence-electron chi connectivity index (χ1n) is 7.80. The lowest BCUT2D eigenvalue weighted by atomic mass is 10.1. The number of nitrogen functional groups attached to an aromatic ring is 1. The summed E-state index contributed by atoms with van der Waals surface area (Å²) >= 11 is 0. The van der Waals surface area contributed by atoms with Crippen LogP contribution in [0.2, 0.25) is 0 Å². The van der Waals surface area contributed by atoms with E-state index in [4.69, 9.17) is 5.73 Å². The number of H-pyrrole nitrogens is 2. The normalized spacial score (nSPS) is 11.9. The van der Waals surface area contributed by atoms with Crippen LogP contribution in [0.5, 0.6) is 0 Å². The van der Waals surface area contributed by atoms with Gasteiger partial charge in [-0.2, -0.15) is 0 Å². The second-order valence-corrected chi connectivity index (χ2v) is 8.35. The smallest absolute Gasteiger partial charge is 0.257 e. The Morgan fingerprint density at radius 3 is 2.76 bits per heavy atom. The fraction of sp³-hybridized carbons (Fsp3) is 0.235. The van der Waals surface area contributed by atoms with Crippen LogP contribution in [-0.2, 0) is 16.4 Å². The predicted octanol–water partition coefficient (Wildman–Crippen LogP) is 1.24. The molecule has 0 unspecified atom stereocenters. The van der Waals surface area contributed by atoms with Crippen LogP contribution in [0.25, 0.3) is 22.2 Å². The van der Waals surface area contributed by atoms with Crippen molar-refractivity contribution >= 4 is 26.4 Å². The maximum Gasteiger partial charge on any atom is 0.257 e. The van der Waals surface area contributed by atoms with E-state index in [1.54, 1.807) is 6.07 Å². The Balaban J connectivity index is 1.80. The van der Waals surface area contributed by atoms with Gasteiger partial charge in [-0.25, -0.2) is 8.42 Å². The van der Waals surface area contributed by atoms with E-state index in [2.05, 4.69) is 15.3 Å². The minimum absolute atomic E-state index is 0.113. The zero-order valence-electron chi connectivity index (χ0n) is 13.8. The third kappa shape index (κ3) is 4.28. The molecule has 7 nitrogen and oxygen atoms in total. The van der Waals surface area contributed by atoms with Gasteiger partial charge in [-0.15, -0.1) is 0 Å². The molecular weight excluding hydrogens is 340 g/mol. The molecule has 5 N–H and O–H groups in total. The number of rotatable bonds is 6. The van der Waals surface area contributed by atoms with Crippen LogP contribution in [0, 0.1) is 0 Å². The highest BCUT2D eigenvalue weighted by Gasteiger charge is 2.08. The Labute approximate surface area is 145 Å². The van der Waals surface area contributed by atoms with Crippen molar-refractivity contribution in [2.45, 2.75) is 6.54 Å². The van der Waals surface area contributed by atoms with E-state index in [0.717, 1.165) is 16.5 Å². The topological polar surface area (TPSA) is 121 Å². The van der Waals surface area contributed by atoms with Gasteiger partial charge in [0.1, 0.15) is 9.84 Å². The number of pyridine rings is 1. The van der Waals surface area contributed by atoms with Gasteiger partial charge in [0.25, 0.3) is 5.56 Å². The fourth-order valence-electron chi connectivity index (χ4n) is 2.63. The van der Waals surface area contributed by atoms with E-state index in [9.17, 15) is 13.2 Å². The fourth-order valence-corrected chi connectivity index (χ4v) is 3.14. The Hall–Kier alpha value is -2.58. The number of anilines is 1. The van der Waals surface area contributed by atoms with E-state index in [1.165, 1.54) is 12.5 Å². The van der Waals surface area contributed by atoms with Gasteiger partial charge in [-0.3, -0.25) is 4.79 Å². The molecule has 3 aromatic rings. The van der Waals surface area contributed by atoms with E-state index in [0.29, 0.717) is 30.0 Å². The van der Waals surface area contributed by atoms with Crippen molar-refractivity contribution in [3.63, 3.8) is 0 Å². The number of hydrogen-bond acceptors (Lipinski definition) is 5. The Bertz CT molecular complexity index is 1070. The molecule has 3 rings (SSSR count). The van der Waals surface area contributed by atoms with E-state index in [-0.39, 0.29) is 11.3 Å². The SMILES string of the molecule is CS(=O)(=O)CCNCc1ccc2[nH]c(-c3cc(N)c[nH]c3=O)cc2c1. The first kappa shape index (κ1) is 17.2. The molecule has 0 saturated carbocycles. The molecule has 0 aliphatic heterocycles. The van der Waals surface area contributed by atoms with Crippen molar-refractivity contribution in [2.24, 2.45) is 0 Å². The van der Waals surface area contributed by atoms with Crippen molar-refractivity contribution in [1.29, 1.82) is 0 Å². The lowest BCUT2D eigenvalue weighted by Gasteiger charge is -2.04. The van der Waals surface area contributed by atoms with Crippen molar-refractivity contribution in [2.75, 3.05) is 24.3 Å². The molecule has 0 fully saturated rings. The molecule has 0 radical (unpaired) electrons. The number of benzene rings is 1. The number of fused-ring (bicyclic) bond motifs is 1. The average molecular weight is 360 g/mol. The average Bonchev–Trinajstić information content (AvgIpc) is 2.96. The zero-order chi connectivity index (χ0) is 18.0. The molecule has 25 heavy (non-hydrogen) atoms. The molecule has 1 aromatic carbocycles. The molecule has 0 atom stereocenters. The Morgan fingerprint density at radius 1 is 1.20 bits per heavy atom. The molecule has 2 aromatic heterocycles. The lowest BCUT2D eigenvalue weighted by molar-refractivity contribution is 0.596. The number of hydrogen-bond donors (Lipinski definition) is 4. The van der Waals surface area contributed by atoms with Crippen LogP contribution >= 0.6 is 0 Å². The maximum atomic E-state index is 12.0. The van der Waals surface area contributed by atoms with Gasteiger partial charge in [0.05, 0.1) is 17.0 Å². The minimum Gasteiger partial charge on any atom is -0.398 e. The highest BCUT2D eigenvalue weighted by atomic mass is 32.2. The van der Waals surface area contributed by atoms with Crippen molar-refractivity contribution < 1.29 is 8.42 Å². The lowest BCUT2D eigenvalue weighted by Crippen LogP contribution is -2.21. The van der Waals surface area contributed by atoms with Gasteiger partial charge in [0, 0.05) is 42.1 Å². The Kier molecular flexibility index (Phi) is 4.65. The third-order valence-corrected chi connectivity index (χ3v) is 4.83. The molecule has 0 saturated heterocycles.